The first-order valence-corrected chi connectivity index (χ1v) is 25.8. The van der Waals surface area contributed by atoms with Gasteiger partial charge >= 0.3 is 0 Å². The minimum Gasteiger partial charge on any atom is -0.310 e. The van der Waals surface area contributed by atoms with E-state index < -0.39 is 0 Å². The van der Waals surface area contributed by atoms with Crippen molar-refractivity contribution >= 4 is 132 Å². The summed E-state index contributed by atoms with van der Waals surface area (Å²) in [4.78, 5) is 7.93. The van der Waals surface area contributed by atoms with Crippen LogP contribution in [0.25, 0.3) is 75.4 Å². The first-order valence-electron chi connectivity index (χ1n) is 24.2. The Labute approximate surface area is 406 Å². The van der Waals surface area contributed by atoms with Gasteiger partial charge in [0.2, 0.25) is 0 Å². The molecule has 11 aromatic rings. The molecule has 0 saturated heterocycles. The highest BCUT2D eigenvalue weighted by Crippen LogP contribution is 2.49. The van der Waals surface area contributed by atoms with E-state index in [1.54, 1.807) is 0 Å². The molecule has 0 radical (unpaired) electrons. The van der Waals surface area contributed by atoms with Crippen LogP contribution in [0.1, 0.15) is 60.4 Å². The number of fused-ring (bicyclic) bond motifs is 11. The number of thiophene rings is 2. The molecule has 4 heteroatoms. The van der Waals surface area contributed by atoms with Crippen LogP contribution in [0.3, 0.4) is 0 Å². The smallest absolute Gasteiger partial charge is 0.0540 e. The van der Waals surface area contributed by atoms with Crippen molar-refractivity contribution in [1.82, 2.24) is 0 Å². The number of benzene rings is 9. The van der Waals surface area contributed by atoms with Crippen LogP contribution in [-0.2, 0) is 6.42 Å². The summed E-state index contributed by atoms with van der Waals surface area (Å²) >= 11 is 3.93. The lowest BCUT2D eigenvalue weighted by Crippen LogP contribution is -2.10. The first kappa shape index (κ1) is 41.0. The second-order valence-corrected chi connectivity index (χ2v) is 20.9. The normalized spacial score (nSPS) is 15.6. The predicted molar refractivity (Wildman–Crippen MR) is 299 cm³/mol. The summed E-state index contributed by atoms with van der Waals surface area (Å²) in [5.74, 6) is 1.12. The summed E-state index contributed by atoms with van der Waals surface area (Å²) in [5.41, 5.74) is 11.2. The Morgan fingerprint density at radius 3 is 1.60 bits per heavy atom. The van der Waals surface area contributed by atoms with Crippen LogP contribution < -0.4 is 9.80 Å². The Morgan fingerprint density at radius 2 is 1.01 bits per heavy atom. The lowest BCUT2D eigenvalue weighted by Gasteiger charge is -2.28. The molecule has 2 nitrogen and oxygen atoms in total. The van der Waals surface area contributed by atoms with Crippen LogP contribution in [0.4, 0.5) is 34.1 Å². The van der Waals surface area contributed by atoms with Crippen LogP contribution in [0, 0.1) is 5.92 Å². The fraction of sp³-hybridized carbons (Fsp3) is 0.125. The zero-order valence-electron chi connectivity index (χ0n) is 38.5. The van der Waals surface area contributed by atoms with E-state index >= 15 is 0 Å². The van der Waals surface area contributed by atoms with E-state index in [2.05, 4.69) is 231 Å². The third-order valence-corrected chi connectivity index (χ3v) is 17.3. The van der Waals surface area contributed by atoms with Gasteiger partial charge in [-0.05, 0) is 129 Å². The molecule has 0 amide bonds. The van der Waals surface area contributed by atoms with E-state index in [0.29, 0.717) is 11.8 Å². The maximum absolute atomic E-state index is 2.48. The van der Waals surface area contributed by atoms with Crippen LogP contribution in [0.15, 0.2) is 194 Å². The highest BCUT2D eigenvalue weighted by molar-refractivity contribution is 7.19. The molecule has 0 fully saturated rings. The maximum Gasteiger partial charge on any atom is 0.0540 e. The van der Waals surface area contributed by atoms with Gasteiger partial charge in [-0.1, -0.05) is 166 Å². The molecule has 2 heterocycles. The van der Waals surface area contributed by atoms with Crippen LogP contribution >= 0.6 is 22.7 Å². The van der Waals surface area contributed by atoms with E-state index in [-0.39, 0.29) is 0 Å². The summed E-state index contributed by atoms with van der Waals surface area (Å²) in [5, 5.41) is 12.5. The standard InChI is InChI=1S/C64H50N2S2/c1-4-41-13-10-20-55-56-33-28-48(38-62(56)67-61(55)35-41)65(59-21-11-16-42-14-6-8-18-53(42)59)46-26-31-51-44(36-46)24-25-45-37-47(27-32-52(45)51)66(60-22-12-17-43-15-7-9-19-54(43)60)49-29-34-57-58-30-23-40(3)50(5-2)64(58)68-63(57)39-49/h6-34,36-40,50H,4-5,35H2,1-3H3. The predicted octanol–water partition coefficient (Wildman–Crippen LogP) is 19.7. The largest absolute Gasteiger partial charge is 0.310 e. The Bertz CT molecular complexity index is 3910. The van der Waals surface area contributed by atoms with E-state index in [1.165, 1.54) is 107 Å². The van der Waals surface area contributed by atoms with Gasteiger partial charge in [-0.25, -0.2) is 0 Å². The van der Waals surface area contributed by atoms with Crippen molar-refractivity contribution in [3.05, 3.63) is 215 Å². The van der Waals surface area contributed by atoms with E-state index in [9.17, 15) is 0 Å². The van der Waals surface area contributed by atoms with Crippen molar-refractivity contribution < 1.29 is 0 Å². The zero-order chi connectivity index (χ0) is 45.5. The minimum atomic E-state index is 0.553. The summed E-state index contributed by atoms with van der Waals surface area (Å²) < 4.78 is 2.67. The zero-order valence-corrected chi connectivity index (χ0v) is 40.2. The van der Waals surface area contributed by atoms with Gasteiger partial charge in [0.05, 0.1) is 11.4 Å². The van der Waals surface area contributed by atoms with Gasteiger partial charge in [0.25, 0.3) is 0 Å². The Hall–Kier alpha value is -7.24. The van der Waals surface area contributed by atoms with Crippen LogP contribution in [-0.4, -0.2) is 0 Å². The van der Waals surface area contributed by atoms with Crippen LogP contribution in [0.5, 0.6) is 0 Å². The van der Waals surface area contributed by atoms with E-state index in [1.807, 2.05) is 22.7 Å². The number of anilines is 6. The van der Waals surface area contributed by atoms with Crippen molar-refractivity contribution in [3.8, 4) is 0 Å². The third kappa shape index (κ3) is 6.72. The molecular weight excluding hydrogens is 861 g/mol. The highest BCUT2D eigenvalue weighted by atomic mass is 32.1. The van der Waals surface area contributed by atoms with Gasteiger partial charge in [0.1, 0.15) is 0 Å². The summed E-state index contributed by atoms with van der Waals surface area (Å²) in [7, 11) is 0. The Morgan fingerprint density at radius 1 is 0.485 bits per heavy atom. The second kappa shape index (κ2) is 16.5. The molecule has 68 heavy (non-hydrogen) atoms. The first-order chi connectivity index (χ1) is 33.5. The van der Waals surface area contributed by atoms with Gasteiger partial charge in [0, 0.05) is 69.9 Å². The van der Waals surface area contributed by atoms with Crippen molar-refractivity contribution in [1.29, 1.82) is 0 Å². The number of rotatable bonds is 8. The quantitative estimate of drug-likeness (QED) is 0.140. The molecule has 0 bridgehead atoms. The number of hydrogen-bond donors (Lipinski definition) is 0. The monoisotopic (exact) mass is 910 g/mol. The van der Waals surface area contributed by atoms with Gasteiger partial charge in [-0.15, -0.1) is 22.7 Å². The van der Waals surface area contributed by atoms with Gasteiger partial charge in [0.15, 0.2) is 0 Å². The number of allylic oxidation sites excluding steroid dienone is 4. The summed E-state index contributed by atoms with van der Waals surface area (Å²) in [6.07, 6.45) is 14.9. The maximum atomic E-state index is 2.48. The molecule has 0 saturated carbocycles. The number of nitrogens with zero attached hydrogens (tertiary/aromatic N) is 2. The average Bonchev–Trinajstić information content (AvgIpc) is 3.84. The van der Waals surface area contributed by atoms with Gasteiger partial charge < -0.3 is 9.80 Å². The average molecular weight is 911 g/mol. The highest BCUT2D eigenvalue weighted by Gasteiger charge is 2.27. The lowest BCUT2D eigenvalue weighted by molar-refractivity contribution is 0.535. The molecule has 2 aliphatic carbocycles. The second-order valence-electron chi connectivity index (χ2n) is 18.7. The third-order valence-electron chi connectivity index (χ3n) is 14.8. The number of hydrogen-bond acceptors (Lipinski definition) is 4. The van der Waals surface area contributed by atoms with E-state index in [4.69, 9.17) is 0 Å². The minimum absolute atomic E-state index is 0.553. The molecule has 2 aromatic heterocycles. The van der Waals surface area contributed by atoms with Gasteiger partial charge in [-0.2, -0.15) is 0 Å². The molecule has 0 N–H and O–H groups in total. The topological polar surface area (TPSA) is 6.48 Å². The molecule has 2 unspecified atom stereocenters. The Kier molecular flexibility index (Phi) is 9.96. The summed E-state index contributed by atoms with van der Waals surface area (Å²) in [6, 6.07) is 63.9. The van der Waals surface area contributed by atoms with Gasteiger partial charge in [-0.3, -0.25) is 0 Å². The molecule has 2 aliphatic rings. The van der Waals surface area contributed by atoms with Crippen molar-refractivity contribution in [3.63, 3.8) is 0 Å². The lowest BCUT2D eigenvalue weighted by atomic mass is 9.83. The molecule has 9 aromatic carbocycles. The summed E-state index contributed by atoms with van der Waals surface area (Å²) in [6.45, 7) is 6.96. The van der Waals surface area contributed by atoms with Crippen molar-refractivity contribution in [2.24, 2.45) is 5.92 Å². The van der Waals surface area contributed by atoms with Crippen LogP contribution in [0.2, 0.25) is 0 Å². The van der Waals surface area contributed by atoms with Crippen molar-refractivity contribution in [2.75, 3.05) is 9.80 Å². The molecule has 0 spiro atoms. The Balaban J connectivity index is 0.936. The fourth-order valence-electron chi connectivity index (χ4n) is 11.3. The SMILES string of the molecule is CCC1=CC=Cc2c(sc3cc(N(c4ccc5c(ccc6cc(N(c7ccc8c9c(sc8c7)C(CC)C(C)C=C9)c7cccc8ccccc78)ccc65)c4)c4cccc5ccccc45)ccc23)C1. The molecular formula is C64H50N2S2. The van der Waals surface area contributed by atoms with Crippen molar-refractivity contribution in [2.45, 2.75) is 46.0 Å². The molecule has 0 aliphatic heterocycles. The fourth-order valence-corrected chi connectivity index (χ4v) is 14.1. The molecule has 2 atom stereocenters. The van der Waals surface area contributed by atoms with E-state index in [0.717, 1.165) is 36.3 Å². The molecule has 328 valence electrons. The molecule has 13 rings (SSSR count).